The molecular formula is C23H29FN3O9P. The van der Waals surface area contributed by atoms with E-state index in [0.29, 0.717) is 0 Å². The number of aliphatic hydroxyl groups excluding tert-OH is 1. The third-order valence-electron chi connectivity index (χ3n) is 6.13. The van der Waals surface area contributed by atoms with Crippen LogP contribution in [0.5, 0.6) is 5.75 Å². The lowest BCUT2D eigenvalue weighted by Crippen LogP contribution is -2.39. The fourth-order valence-electron chi connectivity index (χ4n) is 3.77. The van der Waals surface area contributed by atoms with Crippen LogP contribution in [0.1, 0.15) is 38.0 Å². The van der Waals surface area contributed by atoms with E-state index >= 15 is 0 Å². The van der Waals surface area contributed by atoms with E-state index in [4.69, 9.17) is 18.5 Å². The van der Waals surface area contributed by atoms with Gasteiger partial charge in [0.25, 0.3) is 5.56 Å². The van der Waals surface area contributed by atoms with Crippen LogP contribution in [0.25, 0.3) is 0 Å². The zero-order valence-corrected chi connectivity index (χ0v) is 21.1. The van der Waals surface area contributed by atoms with Crippen LogP contribution < -0.4 is 20.9 Å². The molecule has 0 amide bonds. The number of aliphatic hydroxyl groups is 1. The number of benzene rings is 1. The molecule has 4 rings (SSSR count). The smallest absolute Gasteiger partial charge is 0.459 e. The van der Waals surface area contributed by atoms with Crippen LogP contribution in [0.3, 0.4) is 0 Å². The number of nitrogens with one attached hydrogen (secondary N) is 2. The molecule has 1 aromatic heterocycles. The topological polar surface area (TPSA) is 158 Å². The van der Waals surface area contributed by atoms with Crippen LogP contribution in [-0.2, 0) is 23.4 Å². The van der Waals surface area contributed by atoms with E-state index in [0.717, 1.165) is 30.0 Å². The van der Waals surface area contributed by atoms with Crippen molar-refractivity contribution in [3.05, 3.63) is 62.9 Å². The van der Waals surface area contributed by atoms with Gasteiger partial charge in [0.05, 0.1) is 6.61 Å². The van der Waals surface area contributed by atoms with E-state index < -0.39 is 62.2 Å². The summed E-state index contributed by atoms with van der Waals surface area (Å²) in [6.45, 7) is 2.25. The quantitative estimate of drug-likeness (QED) is 0.299. The maximum Gasteiger partial charge on any atom is 0.459 e. The first-order valence-corrected chi connectivity index (χ1v) is 13.4. The predicted octanol–water partition coefficient (Wildman–Crippen LogP) is 1.72. The lowest BCUT2D eigenvalue weighted by molar-refractivity contribution is -0.154. The first-order chi connectivity index (χ1) is 17.6. The number of nitrogens with zero attached hydrogens (tertiary/aromatic N) is 1. The molecular weight excluding hydrogens is 512 g/mol. The molecule has 37 heavy (non-hydrogen) atoms. The number of halogens is 1. The summed E-state index contributed by atoms with van der Waals surface area (Å²) in [5.74, 6) is -0.471. The Morgan fingerprint density at radius 1 is 1.32 bits per heavy atom. The number of carbonyl (C=O) groups excluding carboxylic acids is 1. The zero-order chi connectivity index (χ0) is 26.7. The molecule has 1 aliphatic heterocycles. The summed E-state index contributed by atoms with van der Waals surface area (Å²) in [7, 11) is -4.28. The molecule has 2 aliphatic rings. The normalized spacial score (nSPS) is 26.2. The van der Waals surface area contributed by atoms with E-state index in [1.165, 1.54) is 26.0 Å². The monoisotopic (exact) mass is 541 g/mol. The summed E-state index contributed by atoms with van der Waals surface area (Å²) >= 11 is 0. The Kier molecular flexibility index (Phi) is 8.29. The molecule has 1 saturated carbocycles. The second kappa shape index (κ2) is 11.3. The summed E-state index contributed by atoms with van der Waals surface area (Å²) in [5, 5.41) is 12.9. The molecule has 14 heteroatoms. The summed E-state index contributed by atoms with van der Waals surface area (Å²) < 4.78 is 51.2. The van der Waals surface area contributed by atoms with Crippen molar-refractivity contribution in [2.24, 2.45) is 0 Å². The molecule has 3 N–H and O–H groups in total. The van der Waals surface area contributed by atoms with Gasteiger partial charge in [-0.3, -0.25) is 23.7 Å². The van der Waals surface area contributed by atoms with Gasteiger partial charge in [-0.2, -0.15) is 5.09 Å². The van der Waals surface area contributed by atoms with E-state index in [1.807, 2.05) is 4.98 Å². The number of para-hydroxylation sites is 1. The van der Waals surface area contributed by atoms with Gasteiger partial charge >= 0.3 is 19.4 Å². The van der Waals surface area contributed by atoms with Gasteiger partial charge in [0.1, 0.15) is 30.1 Å². The molecule has 0 radical (unpaired) electrons. The first kappa shape index (κ1) is 27.2. The number of hydrogen-bond acceptors (Lipinski definition) is 9. The third kappa shape index (κ3) is 6.36. The number of aromatic amines is 1. The van der Waals surface area contributed by atoms with Crippen LogP contribution in [-0.4, -0.2) is 57.8 Å². The minimum Gasteiger partial charge on any atom is -0.461 e. The molecule has 0 spiro atoms. The van der Waals surface area contributed by atoms with E-state index in [9.17, 15) is 28.4 Å². The van der Waals surface area contributed by atoms with Gasteiger partial charge in [-0.25, -0.2) is 13.8 Å². The Morgan fingerprint density at radius 3 is 2.68 bits per heavy atom. The summed E-state index contributed by atoms with van der Waals surface area (Å²) in [6, 6.07) is 6.97. The molecule has 202 valence electrons. The number of H-pyrrole nitrogens is 1. The standard InChI is InChI=1S/C23H29FN3O9P/c1-13-11-27(23(31)25-20(13)29)21-18(24)19(28)17(35-21)12-33-37(32,36-16-7-4-3-5-8-16)26-14(2)22(30)34-15-9-6-10-15/h3-5,7-8,11,14-15,17-19,21,28H,6,9-10,12H2,1-2H3,(H,26,32)(H,25,29,31)/t14?,17-,18+,19-,21-,37?/m0/s1. The molecule has 1 aromatic carbocycles. The predicted molar refractivity (Wildman–Crippen MR) is 128 cm³/mol. The van der Waals surface area contributed by atoms with Crippen LogP contribution >= 0.6 is 7.75 Å². The van der Waals surface area contributed by atoms with Gasteiger partial charge in [-0.05, 0) is 45.2 Å². The lowest BCUT2D eigenvalue weighted by atomic mass is 9.96. The Balaban J connectivity index is 1.47. The van der Waals surface area contributed by atoms with Gasteiger partial charge in [-0.15, -0.1) is 0 Å². The zero-order valence-electron chi connectivity index (χ0n) is 20.2. The van der Waals surface area contributed by atoms with Crippen molar-refractivity contribution < 1.29 is 37.4 Å². The van der Waals surface area contributed by atoms with Gasteiger partial charge in [0.15, 0.2) is 12.4 Å². The van der Waals surface area contributed by atoms with Crippen molar-refractivity contribution in [3.8, 4) is 5.75 Å². The Morgan fingerprint density at radius 2 is 2.03 bits per heavy atom. The SMILES string of the molecule is Cc1cn([C@H]2O[C@@H](COP(=O)(NC(C)C(=O)OC3CCC3)Oc3ccccc3)[C@H](O)[C@H]2F)c(=O)[nH]c1=O. The molecule has 2 unspecified atom stereocenters. The Bertz CT molecular complexity index is 1270. The van der Waals surface area contributed by atoms with Crippen molar-refractivity contribution in [3.63, 3.8) is 0 Å². The molecule has 2 heterocycles. The minimum absolute atomic E-state index is 0.136. The van der Waals surface area contributed by atoms with Gasteiger partial charge in [-0.1, -0.05) is 18.2 Å². The van der Waals surface area contributed by atoms with Crippen molar-refractivity contribution in [1.82, 2.24) is 14.6 Å². The van der Waals surface area contributed by atoms with Gasteiger partial charge in [0, 0.05) is 11.8 Å². The van der Waals surface area contributed by atoms with Crippen LogP contribution in [0.15, 0.2) is 46.1 Å². The maximum absolute atomic E-state index is 14.9. The Hall–Kier alpha value is -2.83. The molecule has 1 saturated heterocycles. The Labute approximate surface area is 211 Å². The number of hydrogen-bond donors (Lipinski definition) is 3. The fraction of sp³-hybridized carbons (Fsp3) is 0.522. The molecule has 2 fully saturated rings. The number of alkyl halides is 1. The number of esters is 1. The van der Waals surface area contributed by atoms with E-state index in [-0.39, 0.29) is 17.4 Å². The van der Waals surface area contributed by atoms with Crippen molar-refractivity contribution in [2.45, 2.75) is 69.9 Å². The largest absolute Gasteiger partial charge is 0.461 e. The lowest BCUT2D eigenvalue weighted by Gasteiger charge is -2.28. The fourth-order valence-corrected chi connectivity index (χ4v) is 5.27. The highest BCUT2D eigenvalue weighted by atomic mass is 31.2. The highest BCUT2D eigenvalue weighted by Gasteiger charge is 2.47. The molecule has 12 nitrogen and oxygen atoms in total. The third-order valence-corrected chi connectivity index (χ3v) is 7.78. The summed E-state index contributed by atoms with van der Waals surface area (Å²) in [6.07, 6.45) is -3.33. The number of rotatable bonds is 10. The van der Waals surface area contributed by atoms with Crippen molar-refractivity contribution in [1.29, 1.82) is 0 Å². The number of ether oxygens (including phenoxy) is 2. The minimum atomic E-state index is -4.28. The van der Waals surface area contributed by atoms with Crippen LogP contribution in [0, 0.1) is 6.92 Å². The van der Waals surface area contributed by atoms with Crippen LogP contribution in [0.4, 0.5) is 4.39 Å². The average Bonchev–Trinajstić information content (AvgIpc) is 3.11. The average molecular weight is 541 g/mol. The number of carbonyl (C=O) groups is 1. The first-order valence-electron chi connectivity index (χ1n) is 11.8. The second-order valence-corrected chi connectivity index (χ2v) is 10.7. The maximum atomic E-state index is 14.9. The van der Waals surface area contributed by atoms with Crippen molar-refractivity contribution in [2.75, 3.05) is 6.61 Å². The van der Waals surface area contributed by atoms with Crippen molar-refractivity contribution >= 4 is 13.7 Å². The van der Waals surface area contributed by atoms with Gasteiger partial charge in [0.2, 0.25) is 0 Å². The van der Waals surface area contributed by atoms with E-state index in [1.54, 1.807) is 18.2 Å². The molecule has 0 bridgehead atoms. The molecule has 1 aliphatic carbocycles. The highest BCUT2D eigenvalue weighted by molar-refractivity contribution is 7.52. The van der Waals surface area contributed by atoms with Gasteiger partial charge < -0.3 is 19.1 Å². The van der Waals surface area contributed by atoms with E-state index in [2.05, 4.69) is 5.09 Å². The number of aromatic nitrogens is 2. The summed E-state index contributed by atoms with van der Waals surface area (Å²) in [5.41, 5.74) is -1.42. The molecule has 6 atom stereocenters. The second-order valence-electron chi connectivity index (χ2n) is 9.02. The van der Waals surface area contributed by atoms with Crippen LogP contribution in [0.2, 0.25) is 0 Å². The summed E-state index contributed by atoms with van der Waals surface area (Å²) in [4.78, 5) is 38.3. The number of aryl methyl sites for hydroxylation is 1. The highest BCUT2D eigenvalue weighted by Crippen LogP contribution is 2.46. The molecule has 2 aromatic rings.